The maximum atomic E-state index is 13.0. The second kappa shape index (κ2) is 8.57. The van der Waals surface area contributed by atoms with E-state index in [1.54, 1.807) is 4.90 Å². The summed E-state index contributed by atoms with van der Waals surface area (Å²) in [6, 6.07) is -0.0472. The molecule has 4 aliphatic rings. The first-order valence-electron chi connectivity index (χ1n) is 13.2. The Labute approximate surface area is 217 Å². The summed E-state index contributed by atoms with van der Waals surface area (Å²) in [6.45, 7) is 7.08. The molecular formula is C25H35N7O4S. The minimum Gasteiger partial charge on any atom is -0.444 e. The minimum atomic E-state index is -3.45. The number of nitrogens with zero attached hydrogens (tertiary/aromatic N) is 6. The lowest BCUT2D eigenvalue weighted by Gasteiger charge is -2.36. The summed E-state index contributed by atoms with van der Waals surface area (Å²) in [6.07, 6.45) is 5.26. The number of nitrogens with one attached hydrogen (secondary N) is 1. The third-order valence-corrected chi connectivity index (χ3v) is 9.62. The van der Waals surface area contributed by atoms with Gasteiger partial charge in [-0.15, -0.1) is 0 Å². The number of hydrogen-bond acceptors (Lipinski definition) is 9. The number of anilines is 2. The van der Waals surface area contributed by atoms with E-state index in [-0.39, 0.29) is 28.8 Å². The van der Waals surface area contributed by atoms with Gasteiger partial charge in [-0.1, -0.05) is 0 Å². The first-order chi connectivity index (χ1) is 17.5. The van der Waals surface area contributed by atoms with E-state index >= 15 is 0 Å². The number of amides is 1. The quantitative estimate of drug-likeness (QED) is 0.635. The Balaban J connectivity index is 1.26. The van der Waals surface area contributed by atoms with Gasteiger partial charge in [0.1, 0.15) is 10.5 Å². The lowest BCUT2D eigenvalue weighted by atomic mass is 9.96. The van der Waals surface area contributed by atoms with Crippen LogP contribution in [0.3, 0.4) is 0 Å². The molecule has 1 amide bonds. The molecule has 37 heavy (non-hydrogen) atoms. The summed E-state index contributed by atoms with van der Waals surface area (Å²) in [5.41, 5.74) is 3.62. The van der Waals surface area contributed by atoms with Crippen molar-refractivity contribution in [1.29, 1.82) is 0 Å². The van der Waals surface area contributed by atoms with Gasteiger partial charge < -0.3 is 19.9 Å². The van der Waals surface area contributed by atoms with E-state index in [4.69, 9.17) is 14.8 Å². The molecule has 0 spiro atoms. The Morgan fingerprint density at radius 3 is 2.62 bits per heavy atom. The molecule has 2 atom stereocenters. The summed E-state index contributed by atoms with van der Waals surface area (Å²) in [5.74, 6) is 0.935. The molecule has 200 valence electrons. The minimum absolute atomic E-state index is 0.0111. The SMILES string of the molecule is Cn1nc(CNc2nc3c(c(N4C[C@@H]5C[C@H]4CN5C(=O)OC(C)(C)C)n2)S(=O)(=O)CC3)c2c1CCCC2. The summed E-state index contributed by atoms with van der Waals surface area (Å²) < 4.78 is 33.6. The number of fused-ring (bicyclic) bond motifs is 4. The molecule has 11 nitrogen and oxygen atoms in total. The van der Waals surface area contributed by atoms with E-state index in [9.17, 15) is 13.2 Å². The standard InChI is InChI=1S/C25H35N7O4S/c1-25(2,3)36-24(33)32-14-15-11-16(32)13-31(15)22-21-18(9-10-37(21,34)35)27-23(28-22)26-12-19-17-7-5-6-8-20(17)30(4)29-19/h15-16H,5-14H2,1-4H3,(H,26,27,28)/t15-,16-/m0/s1. The fraction of sp³-hybridized carbons (Fsp3) is 0.680. The van der Waals surface area contributed by atoms with Crippen molar-refractivity contribution in [2.75, 3.05) is 29.1 Å². The van der Waals surface area contributed by atoms with E-state index < -0.39 is 15.4 Å². The summed E-state index contributed by atoms with van der Waals surface area (Å²) in [4.78, 5) is 26.2. The van der Waals surface area contributed by atoms with Crippen molar-refractivity contribution < 1.29 is 17.9 Å². The van der Waals surface area contributed by atoms with Gasteiger partial charge in [0.05, 0.1) is 35.8 Å². The fourth-order valence-corrected chi connectivity index (χ4v) is 7.83. The van der Waals surface area contributed by atoms with Crippen LogP contribution < -0.4 is 10.2 Å². The summed E-state index contributed by atoms with van der Waals surface area (Å²) in [7, 11) is -1.46. The molecule has 2 aromatic heterocycles. The number of piperazine rings is 1. The van der Waals surface area contributed by atoms with Gasteiger partial charge in [0.15, 0.2) is 15.7 Å². The summed E-state index contributed by atoms with van der Waals surface area (Å²) in [5, 5.41) is 8.07. The van der Waals surface area contributed by atoms with Gasteiger partial charge in [0.2, 0.25) is 5.95 Å². The number of aryl methyl sites for hydroxylation is 2. The van der Waals surface area contributed by atoms with Crippen LogP contribution in [0, 0.1) is 0 Å². The van der Waals surface area contributed by atoms with Crippen molar-refractivity contribution >= 4 is 27.7 Å². The van der Waals surface area contributed by atoms with E-state index in [1.165, 1.54) is 24.1 Å². The Kier molecular flexibility index (Phi) is 5.66. The largest absolute Gasteiger partial charge is 0.444 e. The number of rotatable bonds is 4. The second-order valence-corrected chi connectivity index (χ2v) is 13.6. The molecular weight excluding hydrogens is 494 g/mol. The highest BCUT2D eigenvalue weighted by molar-refractivity contribution is 7.91. The molecule has 5 heterocycles. The maximum absolute atomic E-state index is 13.0. The number of hydrogen-bond donors (Lipinski definition) is 1. The van der Waals surface area contributed by atoms with Crippen molar-refractivity contribution in [1.82, 2.24) is 24.6 Å². The summed E-state index contributed by atoms with van der Waals surface area (Å²) >= 11 is 0. The van der Waals surface area contributed by atoms with Crippen LogP contribution in [0.1, 0.15) is 62.7 Å². The van der Waals surface area contributed by atoms with Gasteiger partial charge in [0, 0.05) is 32.3 Å². The zero-order valence-corrected chi connectivity index (χ0v) is 22.8. The van der Waals surface area contributed by atoms with Gasteiger partial charge in [-0.3, -0.25) is 4.68 Å². The molecule has 3 aliphatic heterocycles. The average Bonchev–Trinajstić information content (AvgIpc) is 3.59. The van der Waals surface area contributed by atoms with Gasteiger partial charge >= 0.3 is 6.09 Å². The second-order valence-electron chi connectivity index (χ2n) is 11.6. The predicted molar refractivity (Wildman–Crippen MR) is 137 cm³/mol. The number of ether oxygens (including phenoxy) is 1. The smallest absolute Gasteiger partial charge is 0.410 e. The van der Waals surface area contributed by atoms with Crippen LogP contribution in [0.2, 0.25) is 0 Å². The molecule has 1 N–H and O–H groups in total. The van der Waals surface area contributed by atoms with Crippen molar-refractivity contribution in [3.63, 3.8) is 0 Å². The van der Waals surface area contributed by atoms with E-state index in [0.29, 0.717) is 43.5 Å². The monoisotopic (exact) mass is 529 g/mol. The van der Waals surface area contributed by atoms with Crippen LogP contribution in [0.15, 0.2) is 4.90 Å². The van der Waals surface area contributed by atoms with Gasteiger partial charge in [-0.25, -0.2) is 18.2 Å². The first-order valence-corrected chi connectivity index (χ1v) is 14.8. The van der Waals surface area contributed by atoms with Crippen LogP contribution in [-0.2, 0) is 47.4 Å². The highest BCUT2D eigenvalue weighted by Crippen LogP contribution is 2.40. The van der Waals surface area contributed by atoms with Gasteiger partial charge in [-0.05, 0) is 58.4 Å². The van der Waals surface area contributed by atoms with E-state index in [2.05, 4.69) is 15.2 Å². The van der Waals surface area contributed by atoms with Crippen LogP contribution in [0.5, 0.6) is 0 Å². The normalized spacial score (nSPS) is 23.8. The molecule has 0 saturated carbocycles. The zero-order valence-electron chi connectivity index (χ0n) is 22.0. The van der Waals surface area contributed by atoms with Crippen molar-refractivity contribution in [2.24, 2.45) is 7.05 Å². The van der Waals surface area contributed by atoms with E-state index in [1.807, 2.05) is 32.5 Å². The third kappa shape index (κ3) is 4.32. The van der Waals surface area contributed by atoms with Gasteiger partial charge in [0.25, 0.3) is 0 Å². The molecule has 2 saturated heterocycles. The van der Waals surface area contributed by atoms with Gasteiger partial charge in [-0.2, -0.15) is 10.1 Å². The molecule has 1 aliphatic carbocycles. The topological polar surface area (TPSA) is 123 Å². The van der Waals surface area contributed by atoms with Crippen LogP contribution in [0.4, 0.5) is 16.6 Å². The molecule has 6 rings (SSSR count). The predicted octanol–water partition coefficient (Wildman–Crippen LogP) is 2.23. The number of sulfone groups is 1. The lowest BCUT2D eigenvalue weighted by molar-refractivity contribution is 0.0214. The van der Waals surface area contributed by atoms with Crippen molar-refractivity contribution in [2.45, 2.75) is 88.4 Å². The number of aromatic nitrogens is 4. The molecule has 12 heteroatoms. The highest BCUT2D eigenvalue weighted by atomic mass is 32.2. The zero-order chi connectivity index (χ0) is 26.1. The van der Waals surface area contributed by atoms with Crippen molar-refractivity contribution in [3.8, 4) is 0 Å². The first kappa shape index (κ1) is 24.4. The van der Waals surface area contributed by atoms with Crippen LogP contribution in [0.25, 0.3) is 0 Å². The fourth-order valence-electron chi connectivity index (χ4n) is 6.21. The highest BCUT2D eigenvalue weighted by Gasteiger charge is 2.49. The lowest BCUT2D eigenvalue weighted by Crippen LogP contribution is -2.50. The van der Waals surface area contributed by atoms with E-state index in [0.717, 1.165) is 25.0 Å². The molecule has 2 bridgehead atoms. The number of likely N-dealkylation sites (tertiary alicyclic amines) is 1. The molecule has 0 unspecified atom stereocenters. The van der Waals surface area contributed by atoms with Crippen molar-refractivity contribution in [3.05, 3.63) is 22.6 Å². The number of carbonyl (C=O) groups is 1. The molecule has 2 aromatic rings. The van der Waals surface area contributed by atoms with Crippen LogP contribution in [-0.4, -0.2) is 75.7 Å². The Morgan fingerprint density at radius 1 is 1.11 bits per heavy atom. The number of carbonyl (C=O) groups excluding carboxylic acids is 1. The molecule has 0 aromatic carbocycles. The molecule has 2 fully saturated rings. The van der Waals surface area contributed by atoms with Crippen LogP contribution >= 0.6 is 0 Å². The Hall–Kier alpha value is -2.89. The molecule has 0 radical (unpaired) electrons. The third-order valence-electron chi connectivity index (χ3n) is 7.84. The Morgan fingerprint density at radius 2 is 1.89 bits per heavy atom. The average molecular weight is 530 g/mol. The maximum Gasteiger partial charge on any atom is 0.410 e. The Bertz CT molecular complexity index is 1360.